The van der Waals surface area contributed by atoms with Crippen LogP contribution >= 0.6 is 0 Å². The summed E-state index contributed by atoms with van der Waals surface area (Å²) in [6, 6.07) is 0. The molecule has 0 aromatic carbocycles. The third-order valence-electron chi connectivity index (χ3n) is 2.86. The molecule has 0 amide bonds. The summed E-state index contributed by atoms with van der Waals surface area (Å²) in [5.74, 6) is 0.608. The molecule has 1 aliphatic carbocycles. The first-order chi connectivity index (χ1) is 7.18. The first kappa shape index (κ1) is 12.9. The van der Waals surface area contributed by atoms with Gasteiger partial charge in [-0.05, 0) is 37.1 Å². The number of ether oxygens (including phenoxy) is 2. The minimum Gasteiger partial charge on any atom is -0.379 e. The van der Waals surface area contributed by atoms with E-state index in [0.717, 1.165) is 39.4 Å². The standard InChI is InChI=1S/C12H25NO2/c1-11(2)9-14-7-8-15-10-12(3-4-12)5-6-13/h11H,3-10,13H2,1-2H3. The highest BCUT2D eigenvalue weighted by atomic mass is 16.5. The Labute approximate surface area is 93.3 Å². The summed E-state index contributed by atoms with van der Waals surface area (Å²) in [6.45, 7) is 8.23. The van der Waals surface area contributed by atoms with Gasteiger partial charge in [0, 0.05) is 6.61 Å². The minimum atomic E-state index is 0.437. The third kappa shape index (κ3) is 5.50. The lowest BCUT2D eigenvalue weighted by atomic mass is 10.0. The van der Waals surface area contributed by atoms with Gasteiger partial charge >= 0.3 is 0 Å². The molecule has 1 fully saturated rings. The zero-order valence-electron chi connectivity index (χ0n) is 10.1. The van der Waals surface area contributed by atoms with E-state index in [-0.39, 0.29) is 0 Å². The van der Waals surface area contributed by atoms with E-state index in [1.54, 1.807) is 0 Å². The molecule has 90 valence electrons. The summed E-state index contributed by atoms with van der Waals surface area (Å²) in [4.78, 5) is 0. The maximum absolute atomic E-state index is 5.61. The maximum atomic E-state index is 5.61. The van der Waals surface area contributed by atoms with Crippen LogP contribution in [0, 0.1) is 11.3 Å². The molecule has 0 spiro atoms. The lowest BCUT2D eigenvalue weighted by molar-refractivity contribution is 0.0204. The molecule has 0 aromatic heterocycles. The van der Waals surface area contributed by atoms with Crippen molar-refractivity contribution in [2.45, 2.75) is 33.1 Å². The molecule has 1 saturated carbocycles. The van der Waals surface area contributed by atoms with Crippen LogP contribution in [0.1, 0.15) is 33.1 Å². The highest BCUT2D eigenvalue weighted by Gasteiger charge is 2.41. The molecule has 0 atom stereocenters. The summed E-state index contributed by atoms with van der Waals surface area (Å²) < 4.78 is 11.1. The highest BCUT2D eigenvalue weighted by molar-refractivity contribution is 4.92. The highest BCUT2D eigenvalue weighted by Crippen LogP contribution is 2.48. The fourth-order valence-electron chi connectivity index (χ4n) is 1.68. The Morgan fingerprint density at radius 1 is 1.20 bits per heavy atom. The molecule has 0 heterocycles. The SMILES string of the molecule is CC(C)COCCOCC1(CCN)CC1. The molecular formula is C12H25NO2. The second kappa shape index (κ2) is 6.46. The van der Waals surface area contributed by atoms with Crippen LogP contribution < -0.4 is 5.73 Å². The molecule has 2 N–H and O–H groups in total. The summed E-state index contributed by atoms with van der Waals surface area (Å²) in [5.41, 5.74) is 6.00. The van der Waals surface area contributed by atoms with Gasteiger partial charge < -0.3 is 15.2 Å². The largest absolute Gasteiger partial charge is 0.379 e. The quantitative estimate of drug-likeness (QED) is 0.597. The van der Waals surface area contributed by atoms with Crippen LogP contribution in [-0.4, -0.2) is 33.0 Å². The Balaban J connectivity index is 1.89. The van der Waals surface area contributed by atoms with Crippen LogP contribution in [0.15, 0.2) is 0 Å². The number of hydrogen-bond acceptors (Lipinski definition) is 3. The molecule has 0 saturated heterocycles. The molecule has 0 unspecified atom stereocenters. The molecule has 1 rings (SSSR count). The fraction of sp³-hybridized carbons (Fsp3) is 1.00. The van der Waals surface area contributed by atoms with Gasteiger partial charge in [0.1, 0.15) is 0 Å². The van der Waals surface area contributed by atoms with Crippen molar-refractivity contribution in [2.75, 3.05) is 33.0 Å². The zero-order chi connectivity index (χ0) is 11.1. The zero-order valence-corrected chi connectivity index (χ0v) is 10.1. The molecule has 0 aromatic rings. The van der Waals surface area contributed by atoms with Crippen LogP contribution in [0.25, 0.3) is 0 Å². The molecule has 0 bridgehead atoms. The average Bonchev–Trinajstić information content (AvgIpc) is 2.92. The van der Waals surface area contributed by atoms with Gasteiger partial charge in [-0.2, -0.15) is 0 Å². The monoisotopic (exact) mass is 215 g/mol. The van der Waals surface area contributed by atoms with Crippen molar-refractivity contribution in [2.24, 2.45) is 17.1 Å². The smallest absolute Gasteiger partial charge is 0.0700 e. The van der Waals surface area contributed by atoms with Crippen molar-refractivity contribution in [1.82, 2.24) is 0 Å². The van der Waals surface area contributed by atoms with Gasteiger partial charge in [-0.25, -0.2) is 0 Å². The van der Waals surface area contributed by atoms with Crippen molar-refractivity contribution >= 4 is 0 Å². The van der Waals surface area contributed by atoms with Crippen LogP contribution in [-0.2, 0) is 9.47 Å². The van der Waals surface area contributed by atoms with Gasteiger partial charge in [0.05, 0.1) is 19.8 Å². The number of rotatable bonds is 9. The van der Waals surface area contributed by atoms with Crippen LogP contribution in [0.2, 0.25) is 0 Å². The summed E-state index contributed by atoms with van der Waals surface area (Å²) >= 11 is 0. The Hall–Kier alpha value is -0.120. The fourth-order valence-corrected chi connectivity index (χ4v) is 1.68. The van der Waals surface area contributed by atoms with Gasteiger partial charge in [-0.15, -0.1) is 0 Å². The van der Waals surface area contributed by atoms with Crippen LogP contribution in [0.4, 0.5) is 0 Å². The minimum absolute atomic E-state index is 0.437. The van der Waals surface area contributed by atoms with Crippen molar-refractivity contribution in [1.29, 1.82) is 0 Å². The van der Waals surface area contributed by atoms with Crippen molar-refractivity contribution in [3.8, 4) is 0 Å². The van der Waals surface area contributed by atoms with E-state index < -0.39 is 0 Å². The Kier molecular flexibility index (Phi) is 5.58. The predicted octanol–water partition coefficient (Wildman–Crippen LogP) is 1.80. The molecule has 3 nitrogen and oxygen atoms in total. The van der Waals surface area contributed by atoms with Crippen LogP contribution in [0.5, 0.6) is 0 Å². The first-order valence-corrected chi connectivity index (χ1v) is 6.04. The first-order valence-electron chi connectivity index (χ1n) is 6.04. The van der Waals surface area contributed by atoms with E-state index in [1.165, 1.54) is 12.8 Å². The lowest BCUT2D eigenvalue weighted by Crippen LogP contribution is -2.17. The van der Waals surface area contributed by atoms with E-state index in [1.807, 2.05) is 0 Å². The Bertz CT molecular complexity index is 167. The lowest BCUT2D eigenvalue weighted by Gasteiger charge is -2.14. The van der Waals surface area contributed by atoms with Gasteiger partial charge in [0.2, 0.25) is 0 Å². The third-order valence-corrected chi connectivity index (χ3v) is 2.86. The van der Waals surface area contributed by atoms with Crippen molar-refractivity contribution in [3.63, 3.8) is 0 Å². The molecule has 0 radical (unpaired) electrons. The average molecular weight is 215 g/mol. The van der Waals surface area contributed by atoms with Gasteiger partial charge in [0.25, 0.3) is 0 Å². The van der Waals surface area contributed by atoms with Gasteiger partial charge in [0.15, 0.2) is 0 Å². The summed E-state index contributed by atoms with van der Waals surface area (Å²) in [5, 5.41) is 0. The topological polar surface area (TPSA) is 44.5 Å². The predicted molar refractivity (Wildman–Crippen MR) is 61.8 cm³/mol. The summed E-state index contributed by atoms with van der Waals surface area (Å²) in [7, 11) is 0. The molecule has 3 heteroatoms. The molecule has 0 aliphatic heterocycles. The maximum Gasteiger partial charge on any atom is 0.0700 e. The van der Waals surface area contributed by atoms with Crippen LogP contribution in [0.3, 0.4) is 0 Å². The number of nitrogens with two attached hydrogens (primary N) is 1. The number of hydrogen-bond donors (Lipinski definition) is 1. The Morgan fingerprint density at radius 2 is 1.87 bits per heavy atom. The van der Waals surface area contributed by atoms with E-state index in [0.29, 0.717) is 11.3 Å². The Morgan fingerprint density at radius 3 is 2.40 bits per heavy atom. The molecule has 15 heavy (non-hydrogen) atoms. The van der Waals surface area contributed by atoms with E-state index in [2.05, 4.69) is 13.8 Å². The van der Waals surface area contributed by atoms with Gasteiger partial charge in [-0.1, -0.05) is 13.8 Å². The molecular weight excluding hydrogens is 190 g/mol. The van der Waals surface area contributed by atoms with E-state index in [9.17, 15) is 0 Å². The van der Waals surface area contributed by atoms with E-state index in [4.69, 9.17) is 15.2 Å². The van der Waals surface area contributed by atoms with Gasteiger partial charge in [-0.3, -0.25) is 0 Å². The second-order valence-electron chi connectivity index (χ2n) is 5.06. The summed E-state index contributed by atoms with van der Waals surface area (Å²) in [6.07, 6.45) is 3.69. The molecule has 1 aliphatic rings. The van der Waals surface area contributed by atoms with Crippen molar-refractivity contribution < 1.29 is 9.47 Å². The second-order valence-corrected chi connectivity index (χ2v) is 5.06. The van der Waals surface area contributed by atoms with E-state index >= 15 is 0 Å². The normalized spacial score (nSPS) is 18.4. The van der Waals surface area contributed by atoms with Crippen molar-refractivity contribution in [3.05, 3.63) is 0 Å².